The minimum Gasteiger partial charge on any atom is -0.392 e. The molecule has 0 amide bonds. The first-order valence-electron chi connectivity index (χ1n) is 7.23. The molecule has 0 aromatic heterocycles. The van der Waals surface area contributed by atoms with Crippen LogP contribution < -0.4 is 0 Å². The van der Waals surface area contributed by atoms with Gasteiger partial charge in [0.25, 0.3) is 0 Å². The van der Waals surface area contributed by atoms with Gasteiger partial charge in [-0.1, -0.05) is 12.8 Å². The lowest BCUT2D eigenvalue weighted by Gasteiger charge is -2.29. The Kier molecular flexibility index (Phi) is 4.83. The highest BCUT2D eigenvalue weighted by molar-refractivity contribution is 4.81. The summed E-state index contributed by atoms with van der Waals surface area (Å²) in [5.74, 6) is 0.568. The first kappa shape index (κ1) is 13.3. The molecule has 1 saturated heterocycles. The lowest BCUT2D eigenvalue weighted by atomic mass is 10.0. The Morgan fingerprint density at radius 1 is 1.24 bits per heavy atom. The van der Waals surface area contributed by atoms with Crippen molar-refractivity contribution in [2.45, 2.75) is 50.7 Å². The normalized spacial score (nSPS) is 29.3. The third-order valence-corrected chi connectivity index (χ3v) is 4.64. The van der Waals surface area contributed by atoms with E-state index in [2.05, 4.69) is 23.9 Å². The molecule has 0 bridgehead atoms. The number of hydrogen-bond acceptors (Lipinski definition) is 3. The zero-order valence-electron chi connectivity index (χ0n) is 11.4. The maximum absolute atomic E-state index is 10.2. The molecular formula is C14H28N2O. The third kappa shape index (κ3) is 3.67. The summed E-state index contributed by atoms with van der Waals surface area (Å²) in [6, 6.07) is 0.704. The molecule has 2 aliphatic rings. The Balaban J connectivity index is 1.70. The highest BCUT2D eigenvalue weighted by Crippen LogP contribution is 2.28. The average Bonchev–Trinajstić information content (AvgIpc) is 2.90. The molecule has 2 fully saturated rings. The Labute approximate surface area is 106 Å². The van der Waals surface area contributed by atoms with Crippen molar-refractivity contribution in [2.75, 3.05) is 33.7 Å². The summed E-state index contributed by atoms with van der Waals surface area (Å²) < 4.78 is 0. The van der Waals surface area contributed by atoms with E-state index in [-0.39, 0.29) is 6.10 Å². The van der Waals surface area contributed by atoms with E-state index in [9.17, 15) is 5.11 Å². The van der Waals surface area contributed by atoms with E-state index in [0.29, 0.717) is 12.0 Å². The summed E-state index contributed by atoms with van der Waals surface area (Å²) in [4.78, 5) is 4.79. The van der Waals surface area contributed by atoms with Gasteiger partial charge in [0, 0.05) is 19.1 Å². The number of aliphatic hydroxyl groups is 1. The first-order chi connectivity index (χ1) is 8.16. The van der Waals surface area contributed by atoms with Crippen LogP contribution in [-0.2, 0) is 0 Å². The van der Waals surface area contributed by atoms with Crippen LogP contribution in [0.4, 0.5) is 0 Å². The van der Waals surface area contributed by atoms with Crippen LogP contribution in [0.5, 0.6) is 0 Å². The van der Waals surface area contributed by atoms with Crippen molar-refractivity contribution in [3.63, 3.8) is 0 Å². The number of likely N-dealkylation sites (N-methyl/N-ethyl adjacent to an activating group) is 2. The average molecular weight is 240 g/mol. The van der Waals surface area contributed by atoms with E-state index in [1.807, 2.05) is 0 Å². The zero-order valence-corrected chi connectivity index (χ0v) is 11.4. The van der Waals surface area contributed by atoms with E-state index in [1.165, 1.54) is 45.1 Å². The van der Waals surface area contributed by atoms with Crippen molar-refractivity contribution in [2.24, 2.45) is 5.92 Å². The molecule has 0 radical (unpaired) electrons. The molecule has 17 heavy (non-hydrogen) atoms. The smallest absolute Gasteiger partial charge is 0.0695 e. The lowest BCUT2D eigenvalue weighted by Crippen LogP contribution is -2.41. The highest BCUT2D eigenvalue weighted by Gasteiger charge is 2.26. The van der Waals surface area contributed by atoms with Crippen LogP contribution in [-0.4, -0.2) is 60.8 Å². The van der Waals surface area contributed by atoms with E-state index in [1.54, 1.807) is 0 Å². The summed E-state index contributed by atoms with van der Waals surface area (Å²) in [6.07, 6.45) is 7.65. The van der Waals surface area contributed by atoms with Crippen molar-refractivity contribution in [3.05, 3.63) is 0 Å². The van der Waals surface area contributed by atoms with Crippen molar-refractivity contribution < 1.29 is 5.11 Å². The molecule has 0 spiro atoms. The SMILES string of the molecule is CN(CC(O)C1CCCC1)CC1CCCN1C. The minimum absolute atomic E-state index is 0.103. The van der Waals surface area contributed by atoms with Gasteiger partial charge in [-0.05, 0) is 52.2 Å². The molecule has 1 heterocycles. The largest absolute Gasteiger partial charge is 0.392 e. The van der Waals surface area contributed by atoms with Crippen LogP contribution in [0.25, 0.3) is 0 Å². The summed E-state index contributed by atoms with van der Waals surface area (Å²) in [7, 11) is 4.38. The van der Waals surface area contributed by atoms with Gasteiger partial charge in [-0.15, -0.1) is 0 Å². The number of rotatable bonds is 5. The highest BCUT2D eigenvalue weighted by atomic mass is 16.3. The van der Waals surface area contributed by atoms with Crippen LogP contribution >= 0.6 is 0 Å². The topological polar surface area (TPSA) is 26.7 Å². The van der Waals surface area contributed by atoms with Gasteiger partial charge in [0.1, 0.15) is 0 Å². The van der Waals surface area contributed by atoms with Gasteiger partial charge in [-0.2, -0.15) is 0 Å². The van der Waals surface area contributed by atoms with Gasteiger partial charge in [-0.3, -0.25) is 0 Å². The van der Waals surface area contributed by atoms with Crippen LogP contribution in [0.2, 0.25) is 0 Å². The standard InChI is InChI=1S/C14H28N2O/c1-15(10-13-8-5-9-16(13)2)11-14(17)12-6-3-4-7-12/h12-14,17H,3-11H2,1-2H3. The van der Waals surface area contributed by atoms with Crippen molar-refractivity contribution >= 4 is 0 Å². The summed E-state index contributed by atoms with van der Waals surface area (Å²) in [6.45, 7) is 3.21. The molecule has 2 rings (SSSR count). The Morgan fingerprint density at radius 3 is 2.53 bits per heavy atom. The van der Waals surface area contributed by atoms with Crippen LogP contribution in [0.1, 0.15) is 38.5 Å². The molecule has 1 N–H and O–H groups in total. The quantitative estimate of drug-likeness (QED) is 0.790. The first-order valence-corrected chi connectivity index (χ1v) is 7.23. The van der Waals surface area contributed by atoms with Gasteiger partial charge < -0.3 is 14.9 Å². The number of nitrogens with zero attached hydrogens (tertiary/aromatic N) is 2. The van der Waals surface area contributed by atoms with E-state index >= 15 is 0 Å². The number of hydrogen-bond donors (Lipinski definition) is 1. The maximum Gasteiger partial charge on any atom is 0.0695 e. The van der Waals surface area contributed by atoms with Crippen LogP contribution in [0.15, 0.2) is 0 Å². The van der Waals surface area contributed by atoms with Crippen LogP contribution in [0.3, 0.4) is 0 Å². The van der Waals surface area contributed by atoms with Gasteiger partial charge in [0.05, 0.1) is 6.10 Å². The molecule has 3 heteroatoms. The fraction of sp³-hybridized carbons (Fsp3) is 1.00. The Morgan fingerprint density at radius 2 is 1.94 bits per heavy atom. The molecule has 1 aliphatic carbocycles. The summed E-state index contributed by atoms with van der Waals surface area (Å²) in [5.41, 5.74) is 0. The predicted octanol–water partition coefficient (Wildman–Crippen LogP) is 1.56. The van der Waals surface area contributed by atoms with Crippen LogP contribution in [0, 0.1) is 5.92 Å². The molecule has 1 saturated carbocycles. The van der Waals surface area contributed by atoms with Gasteiger partial charge in [-0.25, -0.2) is 0 Å². The Bertz CT molecular complexity index is 228. The number of likely N-dealkylation sites (tertiary alicyclic amines) is 1. The molecule has 0 aromatic carbocycles. The molecular weight excluding hydrogens is 212 g/mol. The van der Waals surface area contributed by atoms with Gasteiger partial charge >= 0.3 is 0 Å². The Hall–Kier alpha value is -0.120. The van der Waals surface area contributed by atoms with E-state index in [4.69, 9.17) is 0 Å². The summed E-state index contributed by atoms with van der Waals surface area (Å²) in [5, 5.41) is 10.2. The second-order valence-electron chi connectivity index (χ2n) is 6.11. The molecule has 3 nitrogen and oxygen atoms in total. The maximum atomic E-state index is 10.2. The van der Waals surface area contributed by atoms with E-state index in [0.717, 1.165) is 13.1 Å². The second-order valence-corrected chi connectivity index (χ2v) is 6.11. The summed E-state index contributed by atoms with van der Waals surface area (Å²) >= 11 is 0. The van der Waals surface area contributed by atoms with Gasteiger partial charge in [0.15, 0.2) is 0 Å². The zero-order chi connectivity index (χ0) is 12.3. The fourth-order valence-corrected chi connectivity index (χ4v) is 3.45. The van der Waals surface area contributed by atoms with Crippen molar-refractivity contribution in [3.8, 4) is 0 Å². The molecule has 0 aromatic rings. The second kappa shape index (κ2) is 6.17. The van der Waals surface area contributed by atoms with Crippen molar-refractivity contribution in [1.82, 2.24) is 9.80 Å². The third-order valence-electron chi connectivity index (χ3n) is 4.64. The van der Waals surface area contributed by atoms with Crippen molar-refractivity contribution in [1.29, 1.82) is 0 Å². The molecule has 100 valence electrons. The number of aliphatic hydroxyl groups excluding tert-OH is 1. The lowest BCUT2D eigenvalue weighted by molar-refractivity contribution is 0.0674. The monoisotopic (exact) mass is 240 g/mol. The van der Waals surface area contributed by atoms with E-state index < -0.39 is 0 Å². The predicted molar refractivity (Wildman–Crippen MR) is 71.1 cm³/mol. The molecule has 2 unspecified atom stereocenters. The fourth-order valence-electron chi connectivity index (χ4n) is 3.45. The molecule has 1 aliphatic heterocycles. The molecule has 2 atom stereocenters. The van der Waals surface area contributed by atoms with Gasteiger partial charge in [0.2, 0.25) is 0 Å². The minimum atomic E-state index is -0.103.